The van der Waals surface area contributed by atoms with Crippen molar-refractivity contribution in [1.29, 1.82) is 0 Å². The third-order valence-corrected chi connectivity index (χ3v) is 4.99. The number of thiophene rings is 1. The highest BCUT2D eigenvalue weighted by Crippen LogP contribution is 2.25. The lowest BCUT2D eigenvalue weighted by Crippen LogP contribution is -2.40. The normalized spacial score (nSPS) is 19.5. The van der Waals surface area contributed by atoms with Crippen LogP contribution in [-0.2, 0) is 22.6 Å². The van der Waals surface area contributed by atoms with Crippen LogP contribution in [0.5, 0.6) is 0 Å². The van der Waals surface area contributed by atoms with Crippen LogP contribution >= 0.6 is 11.3 Å². The molecule has 1 aliphatic heterocycles. The molecule has 5 heteroatoms. The maximum atomic E-state index is 11.8. The molecule has 1 aliphatic rings. The summed E-state index contributed by atoms with van der Waals surface area (Å²) >= 11 is 1.83. The Morgan fingerprint density at radius 1 is 1.45 bits per heavy atom. The highest BCUT2D eigenvalue weighted by molar-refractivity contribution is 7.10. The second-order valence-corrected chi connectivity index (χ2v) is 7.28. The van der Waals surface area contributed by atoms with Crippen LogP contribution in [0.1, 0.15) is 43.0 Å². The zero-order valence-electron chi connectivity index (χ0n) is 14.0. The molecule has 0 N–H and O–H groups in total. The average Bonchev–Trinajstić information content (AvgIpc) is 2.87. The average molecular weight is 324 g/mol. The fourth-order valence-electron chi connectivity index (χ4n) is 3.07. The van der Waals surface area contributed by atoms with Gasteiger partial charge in [-0.1, -0.05) is 6.42 Å². The third kappa shape index (κ3) is 5.38. The van der Waals surface area contributed by atoms with E-state index < -0.39 is 0 Å². The van der Waals surface area contributed by atoms with Crippen LogP contribution in [-0.4, -0.2) is 49.1 Å². The summed E-state index contributed by atoms with van der Waals surface area (Å²) in [6, 6.07) is 2.65. The summed E-state index contributed by atoms with van der Waals surface area (Å²) in [4.78, 5) is 17.8. The SMILES string of the molecule is CCOC(=O)C[C@H]1CCCCN1Cc1cc(CN(C)C)cs1. The summed E-state index contributed by atoms with van der Waals surface area (Å²) in [7, 11) is 4.19. The third-order valence-electron chi connectivity index (χ3n) is 4.02. The smallest absolute Gasteiger partial charge is 0.307 e. The van der Waals surface area contributed by atoms with Gasteiger partial charge in [-0.05, 0) is 57.4 Å². The molecule has 22 heavy (non-hydrogen) atoms. The largest absolute Gasteiger partial charge is 0.466 e. The minimum absolute atomic E-state index is 0.0566. The zero-order valence-corrected chi connectivity index (χ0v) is 14.8. The molecule has 1 fully saturated rings. The number of piperidine rings is 1. The molecule has 0 aromatic carbocycles. The first-order valence-corrected chi connectivity index (χ1v) is 9.07. The minimum Gasteiger partial charge on any atom is -0.466 e. The van der Waals surface area contributed by atoms with Crippen molar-refractivity contribution in [3.8, 4) is 0 Å². The Morgan fingerprint density at radius 3 is 3.00 bits per heavy atom. The molecule has 4 nitrogen and oxygen atoms in total. The Balaban J connectivity index is 1.93. The van der Waals surface area contributed by atoms with Crippen LogP contribution in [0.3, 0.4) is 0 Å². The molecule has 0 spiro atoms. The van der Waals surface area contributed by atoms with E-state index in [1.807, 2.05) is 18.3 Å². The van der Waals surface area contributed by atoms with Gasteiger partial charge in [-0.15, -0.1) is 11.3 Å². The van der Waals surface area contributed by atoms with Crippen molar-refractivity contribution in [2.75, 3.05) is 27.2 Å². The van der Waals surface area contributed by atoms with Crippen LogP contribution in [0.4, 0.5) is 0 Å². The fraction of sp³-hybridized carbons (Fsp3) is 0.706. The number of likely N-dealkylation sites (tertiary alicyclic amines) is 1. The maximum absolute atomic E-state index is 11.8. The number of ether oxygens (including phenoxy) is 1. The van der Waals surface area contributed by atoms with Crippen LogP contribution < -0.4 is 0 Å². The van der Waals surface area contributed by atoms with Gasteiger partial charge in [-0.3, -0.25) is 9.69 Å². The second kappa shape index (κ2) is 8.65. The van der Waals surface area contributed by atoms with Crippen LogP contribution in [0.15, 0.2) is 11.4 Å². The Morgan fingerprint density at radius 2 is 2.27 bits per heavy atom. The van der Waals surface area contributed by atoms with Gasteiger partial charge in [-0.2, -0.15) is 0 Å². The standard InChI is InChI=1S/C17H28N2O2S/c1-4-21-17(20)10-15-7-5-6-8-19(15)12-16-9-14(13-22-16)11-18(2)3/h9,13,15H,4-8,10-12H2,1-3H3/t15-/m1/s1. The molecule has 0 bridgehead atoms. The van der Waals surface area contributed by atoms with Crippen molar-refractivity contribution in [2.45, 2.75) is 51.7 Å². The summed E-state index contributed by atoms with van der Waals surface area (Å²) in [5.74, 6) is -0.0566. The molecule has 0 saturated carbocycles. The van der Waals surface area contributed by atoms with E-state index >= 15 is 0 Å². The first-order chi connectivity index (χ1) is 10.6. The summed E-state index contributed by atoms with van der Waals surface area (Å²) in [6.45, 7) is 5.38. The molecular formula is C17H28N2O2S. The predicted molar refractivity (Wildman–Crippen MR) is 91.0 cm³/mol. The zero-order chi connectivity index (χ0) is 15.9. The summed E-state index contributed by atoms with van der Waals surface area (Å²) in [5.41, 5.74) is 1.38. The van der Waals surface area contributed by atoms with E-state index in [0.717, 1.165) is 26.1 Å². The first-order valence-electron chi connectivity index (χ1n) is 8.19. The molecule has 0 amide bonds. The van der Waals surface area contributed by atoms with Gasteiger partial charge in [0.25, 0.3) is 0 Å². The molecular weight excluding hydrogens is 296 g/mol. The van der Waals surface area contributed by atoms with Crippen molar-refractivity contribution in [3.63, 3.8) is 0 Å². The van der Waals surface area contributed by atoms with E-state index in [4.69, 9.17) is 4.74 Å². The Bertz CT molecular complexity index is 473. The molecule has 0 unspecified atom stereocenters. The highest BCUT2D eigenvalue weighted by Gasteiger charge is 2.25. The molecule has 124 valence electrons. The van der Waals surface area contributed by atoms with Gasteiger partial charge in [0.1, 0.15) is 0 Å². The molecule has 0 aliphatic carbocycles. The van der Waals surface area contributed by atoms with E-state index in [9.17, 15) is 4.79 Å². The van der Waals surface area contributed by atoms with Crippen molar-refractivity contribution in [2.24, 2.45) is 0 Å². The molecule has 1 aromatic heterocycles. The number of rotatable bonds is 7. The molecule has 1 aromatic rings. The van der Waals surface area contributed by atoms with Gasteiger partial charge < -0.3 is 9.64 Å². The lowest BCUT2D eigenvalue weighted by Gasteiger charge is -2.34. The molecule has 0 radical (unpaired) electrons. The number of hydrogen-bond donors (Lipinski definition) is 0. The molecule has 1 atom stereocenters. The first kappa shape index (κ1) is 17.4. The molecule has 1 saturated heterocycles. The fourth-order valence-corrected chi connectivity index (χ4v) is 3.97. The van der Waals surface area contributed by atoms with Crippen LogP contribution in [0.2, 0.25) is 0 Å². The van der Waals surface area contributed by atoms with Gasteiger partial charge in [0.2, 0.25) is 0 Å². The van der Waals surface area contributed by atoms with Gasteiger partial charge in [-0.25, -0.2) is 0 Å². The summed E-state index contributed by atoms with van der Waals surface area (Å²) < 4.78 is 5.12. The van der Waals surface area contributed by atoms with Gasteiger partial charge in [0, 0.05) is 24.0 Å². The van der Waals surface area contributed by atoms with Crippen molar-refractivity contribution in [3.05, 3.63) is 21.9 Å². The number of hydrogen-bond acceptors (Lipinski definition) is 5. The lowest BCUT2D eigenvalue weighted by atomic mass is 9.99. The second-order valence-electron chi connectivity index (χ2n) is 6.29. The van der Waals surface area contributed by atoms with Gasteiger partial charge in [0.15, 0.2) is 0 Å². The Hall–Kier alpha value is -0.910. The minimum atomic E-state index is -0.0566. The molecule has 2 rings (SSSR count). The van der Waals surface area contributed by atoms with Crippen molar-refractivity contribution in [1.82, 2.24) is 9.80 Å². The van der Waals surface area contributed by atoms with Crippen molar-refractivity contribution < 1.29 is 9.53 Å². The highest BCUT2D eigenvalue weighted by atomic mass is 32.1. The van der Waals surface area contributed by atoms with Gasteiger partial charge in [0.05, 0.1) is 13.0 Å². The number of carbonyl (C=O) groups is 1. The predicted octanol–water partition coefficient (Wildman–Crippen LogP) is 3.12. The van der Waals surface area contributed by atoms with E-state index in [1.54, 1.807) is 0 Å². The lowest BCUT2D eigenvalue weighted by molar-refractivity contribution is -0.145. The maximum Gasteiger partial charge on any atom is 0.307 e. The van der Waals surface area contributed by atoms with E-state index in [2.05, 4.69) is 35.3 Å². The van der Waals surface area contributed by atoms with E-state index in [-0.39, 0.29) is 5.97 Å². The van der Waals surface area contributed by atoms with Crippen LogP contribution in [0, 0.1) is 0 Å². The monoisotopic (exact) mass is 324 g/mol. The van der Waals surface area contributed by atoms with E-state index in [0.29, 0.717) is 19.1 Å². The summed E-state index contributed by atoms with van der Waals surface area (Å²) in [6.07, 6.45) is 4.09. The van der Waals surface area contributed by atoms with Crippen LogP contribution in [0.25, 0.3) is 0 Å². The van der Waals surface area contributed by atoms with Gasteiger partial charge >= 0.3 is 5.97 Å². The number of nitrogens with zero attached hydrogens (tertiary/aromatic N) is 2. The quantitative estimate of drug-likeness (QED) is 0.722. The van der Waals surface area contributed by atoms with Crippen molar-refractivity contribution >= 4 is 17.3 Å². The number of carbonyl (C=O) groups excluding carboxylic acids is 1. The Kier molecular flexibility index (Phi) is 6.86. The summed E-state index contributed by atoms with van der Waals surface area (Å²) in [5, 5.41) is 2.25. The Labute approximate surface area is 138 Å². The topological polar surface area (TPSA) is 32.8 Å². The van der Waals surface area contributed by atoms with E-state index in [1.165, 1.54) is 23.3 Å². The molecule has 2 heterocycles. The number of esters is 1.